The van der Waals surface area contributed by atoms with Crippen molar-refractivity contribution in [3.8, 4) is 5.75 Å². The summed E-state index contributed by atoms with van der Waals surface area (Å²) in [5.41, 5.74) is 2.62. The van der Waals surface area contributed by atoms with Crippen LogP contribution in [0.15, 0.2) is 91.0 Å². The van der Waals surface area contributed by atoms with E-state index in [-0.39, 0.29) is 30.7 Å². The van der Waals surface area contributed by atoms with Crippen molar-refractivity contribution in [2.45, 2.75) is 32.6 Å². The first-order valence-corrected chi connectivity index (χ1v) is 14.4. The van der Waals surface area contributed by atoms with Gasteiger partial charge >= 0.3 is 5.97 Å². The molecule has 0 aromatic heterocycles. The molecule has 1 saturated heterocycles. The van der Waals surface area contributed by atoms with Crippen molar-refractivity contribution in [1.29, 1.82) is 0 Å². The molecule has 1 aliphatic rings. The Morgan fingerprint density at radius 3 is 2.30 bits per heavy atom. The minimum absolute atomic E-state index is 0.00120. The van der Waals surface area contributed by atoms with Gasteiger partial charge in [0.05, 0.1) is 26.6 Å². The largest absolute Gasteiger partial charge is 0.488 e. The van der Waals surface area contributed by atoms with Gasteiger partial charge in [0.25, 0.3) is 0 Å². The Kier molecular flexibility index (Phi) is 10.3. The maximum atomic E-state index is 13.5. The molecule has 4 unspecified atom stereocenters. The van der Waals surface area contributed by atoms with Gasteiger partial charge in [0.15, 0.2) is 5.78 Å². The average Bonchev–Trinajstić information content (AvgIpc) is 3.32. The van der Waals surface area contributed by atoms with E-state index in [1.54, 1.807) is 0 Å². The van der Waals surface area contributed by atoms with Crippen LogP contribution in [0.25, 0.3) is 6.08 Å². The number of hydrogen-bond acceptors (Lipinski definition) is 4. The summed E-state index contributed by atoms with van der Waals surface area (Å²) in [5.74, 6) is 0.538. The molecule has 4 atom stereocenters. The Hall–Kier alpha value is -3.70. The van der Waals surface area contributed by atoms with Gasteiger partial charge in [-0.05, 0) is 41.5 Å². The Morgan fingerprint density at radius 1 is 0.975 bits per heavy atom. The van der Waals surface area contributed by atoms with E-state index in [2.05, 4.69) is 14.0 Å². The summed E-state index contributed by atoms with van der Waals surface area (Å²) in [6, 6.07) is 27.0. The lowest BCUT2D eigenvalue weighted by Crippen LogP contribution is -2.44. The Balaban J connectivity index is 1.34. The number of esters is 1. The van der Waals surface area contributed by atoms with Crippen LogP contribution in [0.1, 0.15) is 54.1 Å². The minimum atomic E-state index is -0.400. The van der Waals surface area contributed by atoms with Crippen molar-refractivity contribution >= 4 is 17.8 Å². The summed E-state index contributed by atoms with van der Waals surface area (Å²) in [6.45, 7) is 8.46. The zero-order chi connectivity index (χ0) is 28.4. The standard InChI is InChI=1S/C35H42NO4/c1-27-20-21-36(3,26-27)22-24-39-32-18-16-31(17-19-32)35(38)28(2)33(30-14-8-5-9-15-30)25-34(37)40-23-10-13-29-11-6-4-7-12-29/h4-19,27-28,33H,20-26H2,1-3H3/q+1. The van der Waals surface area contributed by atoms with Crippen LogP contribution in [0.4, 0.5) is 0 Å². The molecule has 4 rings (SSSR count). The first-order valence-electron chi connectivity index (χ1n) is 14.4. The molecule has 0 bridgehead atoms. The van der Waals surface area contributed by atoms with Crippen LogP contribution in [-0.2, 0) is 9.53 Å². The monoisotopic (exact) mass is 540 g/mol. The molecular weight excluding hydrogens is 498 g/mol. The highest BCUT2D eigenvalue weighted by Gasteiger charge is 2.32. The number of likely N-dealkylation sites (tertiary alicyclic amines) is 1. The molecule has 0 N–H and O–H groups in total. The molecule has 0 aliphatic carbocycles. The topological polar surface area (TPSA) is 52.6 Å². The summed E-state index contributed by atoms with van der Waals surface area (Å²) in [7, 11) is 2.30. The minimum Gasteiger partial charge on any atom is -0.488 e. The van der Waals surface area contributed by atoms with E-state index in [4.69, 9.17) is 9.47 Å². The molecule has 1 aliphatic heterocycles. The van der Waals surface area contributed by atoms with E-state index in [1.807, 2.05) is 104 Å². The molecule has 0 amide bonds. The second-order valence-corrected chi connectivity index (χ2v) is 11.4. The molecule has 5 heteroatoms. The third-order valence-corrected chi connectivity index (χ3v) is 8.03. The number of Topliss-reactive ketones (excluding diaryl/α,β-unsaturated/α-hetero) is 1. The second kappa shape index (κ2) is 14.1. The van der Waals surface area contributed by atoms with Crippen molar-refractivity contribution in [2.24, 2.45) is 11.8 Å². The van der Waals surface area contributed by atoms with Crippen molar-refractivity contribution in [2.75, 3.05) is 39.9 Å². The normalized spacial score (nSPS) is 20.2. The predicted octanol–water partition coefficient (Wildman–Crippen LogP) is 6.80. The number of ketones is 1. The Morgan fingerprint density at radius 2 is 1.65 bits per heavy atom. The average molecular weight is 541 g/mol. The van der Waals surface area contributed by atoms with Gasteiger partial charge in [-0.2, -0.15) is 0 Å². The Bertz CT molecular complexity index is 1260. The molecule has 210 valence electrons. The van der Waals surface area contributed by atoms with Gasteiger partial charge in [0.2, 0.25) is 0 Å². The summed E-state index contributed by atoms with van der Waals surface area (Å²) in [4.78, 5) is 26.3. The number of carbonyl (C=O) groups excluding carboxylic acids is 2. The van der Waals surface area contributed by atoms with Crippen LogP contribution >= 0.6 is 0 Å². The fourth-order valence-electron chi connectivity index (χ4n) is 5.63. The van der Waals surface area contributed by atoms with E-state index in [0.29, 0.717) is 12.2 Å². The lowest BCUT2D eigenvalue weighted by atomic mass is 9.80. The maximum absolute atomic E-state index is 13.5. The van der Waals surface area contributed by atoms with Crippen molar-refractivity contribution < 1.29 is 23.5 Å². The summed E-state index contributed by atoms with van der Waals surface area (Å²) < 4.78 is 12.6. The predicted molar refractivity (Wildman–Crippen MR) is 160 cm³/mol. The molecule has 0 radical (unpaired) electrons. The highest BCUT2D eigenvalue weighted by atomic mass is 16.5. The first kappa shape index (κ1) is 29.3. The van der Waals surface area contributed by atoms with E-state index in [0.717, 1.165) is 33.8 Å². The molecule has 3 aromatic carbocycles. The van der Waals surface area contributed by atoms with E-state index in [1.165, 1.54) is 19.5 Å². The van der Waals surface area contributed by atoms with Crippen molar-refractivity contribution in [3.63, 3.8) is 0 Å². The molecule has 0 saturated carbocycles. The van der Waals surface area contributed by atoms with Crippen LogP contribution in [0.2, 0.25) is 0 Å². The summed E-state index contributed by atoms with van der Waals surface area (Å²) in [6.07, 6.45) is 5.16. The smallest absolute Gasteiger partial charge is 0.306 e. The van der Waals surface area contributed by atoms with Crippen LogP contribution in [-0.4, -0.2) is 56.1 Å². The maximum Gasteiger partial charge on any atom is 0.306 e. The number of benzene rings is 3. The fraction of sp³-hybridized carbons (Fsp3) is 0.371. The zero-order valence-electron chi connectivity index (χ0n) is 24.0. The number of hydrogen-bond donors (Lipinski definition) is 0. The Labute approximate surface area is 239 Å². The first-order chi connectivity index (χ1) is 19.3. The molecule has 1 fully saturated rings. The lowest BCUT2D eigenvalue weighted by molar-refractivity contribution is -0.899. The zero-order valence-corrected chi connectivity index (χ0v) is 24.0. The van der Waals surface area contributed by atoms with Gasteiger partial charge < -0.3 is 14.0 Å². The highest BCUT2D eigenvalue weighted by molar-refractivity contribution is 5.98. The molecule has 5 nitrogen and oxygen atoms in total. The second-order valence-electron chi connectivity index (χ2n) is 11.4. The molecule has 1 heterocycles. The number of rotatable bonds is 13. The van der Waals surface area contributed by atoms with Crippen LogP contribution in [0, 0.1) is 11.8 Å². The van der Waals surface area contributed by atoms with Gasteiger partial charge in [-0.15, -0.1) is 0 Å². The summed E-state index contributed by atoms with van der Waals surface area (Å²) in [5, 5.41) is 0. The van der Waals surface area contributed by atoms with Gasteiger partial charge in [-0.1, -0.05) is 80.6 Å². The van der Waals surface area contributed by atoms with E-state index < -0.39 is 5.92 Å². The van der Waals surface area contributed by atoms with E-state index in [9.17, 15) is 9.59 Å². The third kappa shape index (κ3) is 8.40. The van der Waals surface area contributed by atoms with Gasteiger partial charge in [-0.3, -0.25) is 9.59 Å². The molecule has 0 spiro atoms. The molecular formula is C35H42NO4+. The van der Waals surface area contributed by atoms with E-state index >= 15 is 0 Å². The molecule has 3 aromatic rings. The summed E-state index contributed by atoms with van der Waals surface area (Å²) >= 11 is 0. The quantitative estimate of drug-likeness (QED) is 0.136. The molecule has 40 heavy (non-hydrogen) atoms. The van der Waals surface area contributed by atoms with Crippen molar-refractivity contribution in [1.82, 2.24) is 0 Å². The fourth-order valence-corrected chi connectivity index (χ4v) is 5.63. The van der Waals surface area contributed by atoms with Crippen molar-refractivity contribution in [3.05, 3.63) is 108 Å². The number of likely N-dealkylation sites (N-methyl/N-ethyl adjacent to an activating group) is 1. The number of quaternary nitrogens is 1. The SMILES string of the molecule is CC1CC[N+](C)(CCOc2ccc(C(=O)C(C)C(CC(=O)OCC=Cc3ccccc3)c3ccccc3)cc2)C1. The highest BCUT2D eigenvalue weighted by Crippen LogP contribution is 2.31. The number of carbonyl (C=O) groups is 2. The van der Waals surface area contributed by atoms with Gasteiger partial charge in [-0.25, -0.2) is 0 Å². The van der Waals surface area contributed by atoms with Crippen LogP contribution < -0.4 is 4.74 Å². The lowest BCUT2D eigenvalue weighted by Gasteiger charge is -2.29. The number of nitrogens with zero attached hydrogens (tertiary/aromatic N) is 1. The van der Waals surface area contributed by atoms with Gasteiger partial charge in [0.1, 0.15) is 25.5 Å². The van der Waals surface area contributed by atoms with Gasteiger partial charge in [0, 0.05) is 29.7 Å². The van der Waals surface area contributed by atoms with Crippen LogP contribution in [0.3, 0.4) is 0 Å². The van der Waals surface area contributed by atoms with Crippen LogP contribution in [0.5, 0.6) is 5.75 Å². The third-order valence-electron chi connectivity index (χ3n) is 8.03. The number of ether oxygens (including phenoxy) is 2.